The number of aryl methyl sites for hydroxylation is 1. The Balaban J connectivity index is 1.97. The minimum Gasteiger partial charge on any atom is -0.324 e. The molecule has 0 spiro atoms. The second-order valence-corrected chi connectivity index (χ2v) is 7.01. The molecule has 0 aliphatic carbocycles. The molecule has 1 aliphatic heterocycles. The van der Waals surface area contributed by atoms with E-state index in [2.05, 4.69) is 31.8 Å². The Morgan fingerprint density at radius 1 is 1.27 bits per heavy atom. The van der Waals surface area contributed by atoms with Crippen molar-refractivity contribution < 1.29 is 4.79 Å². The molecule has 0 aromatic carbocycles. The first-order chi connectivity index (χ1) is 10.3. The third kappa shape index (κ3) is 4.09. The molecule has 1 fully saturated rings. The summed E-state index contributed by atoms with van der Waals surface area (Å²) in [7, 11) is 1.88. The van der Waals surface area contributed by atoms with Gasteiger partial charge in [-0.3, -0.25) is 4.98 Å². The van der Waals surface area contributed by atoms with Gasteiger partial charge >= 0.3 is 6.03 Å². The van der Waals surface area contributed by atoms with E-state index in [0.717, 1.165) is 37.3 Å². The zero-order valence-corrected chi connectivity index (χ0v) is 14.4. The van der Waals surface area contributed by atoms with Crippen molar-refractivity contribution in [3.63, 3.8) is 0 Å². The van der Waals surface area contributed by atoms with E-state index in [-0.39, 0.29) is 11.6 Å². The van der Waals surface area contributed by atoms with Gasteiger partial charge < -0.3 is 9.80 Å². The molecule has 0 bridgehead atoms. The van der Waals surface area contributed by atoms with Crippen LogP contribution in [0.3, 0.4) is 0 Å². The highest BCUT2D eigenvalue weighted by Gasteiger charge is 2.28. The number of piperidine rings is 1. The maximum absolute atomic E-state index is 12.5. The van der Waals surface area contributed by atoms with E-state index in [9.17, 15) is 4.79 Å². The van der Waals surface area contributed by atoms with Gasteiger partial charge in [-0.1, -0.05) is 11.6 Å². The van der Waals surface area contributed by atoms with Crippen LogP contribution in [0.15, 0.2) is 23.8 Å². The average molecular weight is 301 g/mol. The first kappa shape index (κ1) is 16.5. The minimum atomic E-state index is -0.140. The van der Waals surface area contributed by atoms with Crippen LogP contribution in [0.5, 0.6) is 0 Å². The Labute approximate surface area is 133 Å². The van der Waals surface area contributed by atoms with E-state index >= 15 is 0 Å². The lowest BCUT2D eigenvalue weighted by atomic mass is 10.0. The smallest absolute Gasteiger partial charge is 0.320 e. The summed E-state index contributed by atoms with van der Waals surface area (Å²) < 4.78 is 0. The van der Waals surface area contributed by atoms with Crippen molar-refractivity contribution in [3.8, 4) is 0 Å². The SMILES string of the molecule is Cc1cccc(C=C2CCN(C(=O)N(C)C(C)(C)C)CC2)n1. The number of urea groups is 1. The molecule has 120 valence electrons. The van der Waals surface area contributed by atoms with Crippen LogP contribution in [0.1, 0.15) is 45.0 Å². The summed E-state index contributed by atoms with van der Waals surface area (Å²) in [5, 5.41) is 0. The van der Waals surface area contributed by atoms with Gasteiger partial charge in [0.25, 0.3) is 0 Å². The number of nitrogens with zero attached hydrogens (tertiary/aromatic N) is 3. The molecule has 2 rings (SSSR count). The number of hydrogen-bond donors (Lipinski definition) is 0. The molecule has 4 nitrogen and oxygen atoms in total. The van der Waals surface area contributed by atoms with Gasteiger partial charge in [0, 0.05) is 31.4 Å². The van der Waals surface area contributed by atoms with Gasteiger partial charge in [0.1, 0.15) is 0 Å². The summed E-state index contributed by atoms with van der Waals surface area (Å²) in [6, 6.07) is 6.20. The lowest BCUT2D eigenvalue weighted by Crippen LogP contribution is -2.51. The average Bonchev–Trinajstić information content (AvgIpc) is 2.45. The molecular weight excluding hydrogens is 274 g/mol. The molecule has 1 aromatic rings. The Bertz CT molecular complexity index is 562. The van der Waals surface area contributed by atoms with Crippen molar-refractivity contribution >= 4 is 12.1 Å². The number of likely N-dealkylation sites (tertiary alicyclic amines) is 1. The van der Waals surface area contributed by atoms with Crippen LogP contribution in [0.4, 0.5) is 4.79 Å². The molecule has 0 radical (unpaired) electrons. The van der Waals surface area contributed by atoms with Gasteiger partial charge in [-0.05, 0) is 58.7 Å². The zero-order valence-electron chi connectivity index (χ0n) is 14.4. The quantitative estimate of drug-likeness (QED) is 0.792. The summed E-state index contributed by atoms with van der Waals surface area (Å²) in [6.07, 6.45) is 4.03. The Hall–Kier alpha value is -1.84. The zero-order chi connectivity index (χ0) is 16.3. The highest BCUT2D eigenvalue weighted by atomic mass is 16.2. The van der Waals surface area contributed by atoms with E-state index in [1.165, 1.54) is 5.57 Å². The second-order valence-electron chi connectivity index (χ2n) is 7.01. The lowest BCUT2D eigenvalue weighted by molar-refractivity contribution is 0.123. The molecule has 1 aromatic heterocycles. The highest BCUT2D eigenvalue weighted by Crippen LogP contribution is 2.21. The van der Waals surface area contributed by atoms with Crippen LogP contribution in [0.25, 0.3) is 6.08 Å². The predicted molar refractivity (Wildman–Crippen MR) is 90.7 cm³/mol. The maximum atomic E-state index is 12.5. The molecule has 1 aliphatic rings. The van der Waals surface area contributed by atoms with E-state index < -0.39 is 0 Å². The van der Waals surface area contributed by atoms with Crippen LogP contribution in [-0.4, -0.2) is 46.5 Å². The third-order valence-electron chi connectivity index (χ3n) is 4.23. The van der Waals surface area contributed by atoms with E-state index in [4.69, 9.17) is 0 Å². The molecule has 1 saturated heterocycles. The fourth-order valence-electron chi connectivity index (χ4n) is 2.48. The molecule has 4 heteroatoms. The summed E-state index contributed by atoms with van der Waals surface area (Å²) in [5.74, 6) is 0. The standard InChI is InChI=1S/C18H27N3O/c1-14-7-6-8-16(19-14)13-15-9-11-21(12-10-15)17(22)20(5)18(2,3)4/h6-8,13H,9-12H2,1-5H3. The van der Waals surface area contributed by atoms with Crippen LogP contribution < -0.4 is 0 Å². The summed E-state index contributed by atoms with van der Waals surface area (Å²) >= 11 is 0. The van der Waals surface area contributed by atoms with E-state index in [1.54, 1.807) is 0 Å². The summed E-state index contributed by atoms with van der Waals surface area (Å²) in [4.78, 5) is 20.8. The Morgan fingerprint density at radius 2 is 1.91 bits per heavy atom. The fraction of sp³-hybridized carbons (Fsp3) is 0.556. The van der Waals surface area contributed by atoms with Gasteiger partial charge in [0.05, 0.1) is 5.69 Å². The Kier molecular flexibility index (Phi) is 4.89. The number of carbonyl (C=O) groups is 1. The van der Waals surface area contributed by atoms with Crippen molar-refractivity contribution in [2.24, 2.45) is 0 Å². The summed E-state index contributed by atoms with van der Waals surface area (Å²) in [5.41, 5.74) is 3.29. The van der Waals surface area contributed by atoms with Crippen LogP contribution in [0.2, 0.25) is 0 Å². The first-order valence-corrected chi connectivity index (χ1v) is 7.93. The normalized spacial score (nSPS) is 15.7. The largest absolute Gasteiger partial charge is 0.324 e. The van der Waals surface area contributed by atoms with Gasteiger partial charge in [-0.25, -0.2) is 4.79 Å². The monoisotopic (exact) mass is 301 g/mol. The van der Waals surface area contributed by atoms with E-state index in [0.29, 0.717) is 0 Å². The molecule has 22 heavy (non-hydrogen) atoms. The molecule has 2 amide bonds. The second kappa shape index (κ2) is 6.51. The van der Waals surface area contributed by atoms with Crippen LogP contribution in [0, 0.1) is 6.92 Å². The van der Waals surface area contributed by atoms with Gasteiger partial charge in [0.2, 0.25) is 0 Å². The van der Waals surface area contributed by atoms with Crippen molar-refractivity contribution in [1.82, 2.24) is 14.8 Å². The van der Waals surface area contributed by atoms with E-state index in [1.807, 2.05) is 42.0 Å². The number of pyridine rings is 1. The van der Waals surface area contributed by atoms with Crippen LogP contribution >= 0.6 is 0 Å². The Morgan fingerprint density at radius 3 is 2.45 bits per heavy atom. The molecule has 0 saturated carbocycles. The molecule has 0 N–H and O–H groups in total. The topological polar surface area (TPSA) is 36.4 Å². The minimum absolute atomic E-state index is 0.125. The maximum Gasteiger partial charge on any atom is 0.320 e. The van der Waals surface area contributed by atoms with Crippen molar-refractivity contribution in [2.45, 2.75) is 46.1 Å². The first-order valence-electron chi connectivity index (χ1n) is 7.93. The van der Waals surface area contributed by atoms with Crippen LogP contribution in [-0.2, 0) is 0 Å². The fourth-order valence-corrected chi connectivity index (χ4v) is 2.48. The molecule has 0 atom stereocenters. The number of carbonyl (C=O) groups excluding carboxylic acids is 1. The van der Waals surface area contributed by atoms with Gasteiger partial charge in [-0.15, -0.1) is 0 Å². The molecular formula is C18H27N3O. The summed E-state index contributed by atoms with van der Waals surface area (Å²) in [6.45, 7) is 9.76. The number of aromatic nitrogens is 1. The molecule has 2 heterocycles. The predicted octanol–water partition coefficient (Wildman–Crippen LogP) is 3.72. The third-order valence-corrected chi connectivity index (χ3v) is 4.23. The van der Waals surface area contributed by atoms with Gasteiger partial charge in [-0.2, -0.15) is 0 Å². The number of hydrogen-bond acceptors (Lipinski definition) is 2. The van der Waals surface area contributed by atoms with Crippen molar-refractivity contribution in [3.05, 3.63) is 35.2 Å². The van der Waals surface area contributed by atoms with Crippen molar-refractivity contribution in [1.29, 1.82) is 0 Å². The number of rotatable bonds is 1. The number of amides is 2. The molecule has 0 unspecified atom stereocenters. The highest BCUT2D eigenvalue weighted by molar-refractivity contribution is 5.75. The lowest BCUT2D eigenvalue weighted by Gasteiger charge is -2.38. The van der Waals surface area contributed by atoms with Crippen molar-refractivity contribution in [2.75, 3.05) is 20.1 Å². The van der Waals surface area contributed by atoms with Gasteiger partial charge in [0.15, 0.2) is 0 Å².